The van der Waals surface area contributed by atoms with Gasteiger partial charge in [0.25, 0.3) is 0 Å². The molecule has 0 bridgehead atoms. The first-order valence-corrected chi connectivity index (χ1v) is 5.71. The normalized spacial score (nSPS) is 12.6. The standard InChI is InChI=1S/C10H12N4OS/c1-14-9(12-6-13-14)5-7(15)10(11)8-3-2-4-16-8/h2-4,6,10H,5,11H2,1H3. The summed E-state index contributed by atoms with van der Waals surface area (Å²) in [6, 6.07) is 3.19. The number of carbonyl (C=O) groups excluding carboxylic acids is 1. The molecule has 5 nitrogen and oxygen atoms in total. The molecule has 0 aromatic carbocycles. The minimum atomic E-state index is -0.559. The second-order valence-electron chi connectivity index (χ2n) is 3.44. The molecule has 0 saturated heterocycles. The summed E-state index contributed by atoms with van der Waals surface area (Å²) in [6.45, 7) is 0. The number of aromatic nitrogens is 3. The Morgan fingerprint density at radius 3 is 3.06 bits per heavy atom. The van der Waals surface area contributed by atoms with Gasteiger partial charge in [0.15, 0.2) is 5.78 Å². The zero-order valence-corrected chi connectivity index (χ0v) is 9.65. The molecule has 2 heterocycles. The highest BCUT2D eigenvalue weighted by Crippen LogP contribution is 2.18. The predicted molar refractivity (Wildman–Crippen MR) is 61.0 cm³/mol. The van der Waals surface area contributed by atoms with Crippen LogP contribution in [0.15, 0.2) is 23.8 Å². The average molecular weight is 236 g/mol. The second-order valence-corrected chi connectivity index (χ2v) is 4.42. The lowest BCUT2D eigenvalue weighted by Crippen LogP contribution is -2.23. The van der Waals surface area contributed by atoms with Crippen LogP contribution < -0.4 is 5.73 Å². The van der Waals surface area contributed by atoms with Crippen molar-refractivity contribution >= 4 is 17.1 Å². The minimum absolute atomic E-state index is 0.0430. The van der Waals surface area contributed by atoms with Crippen LogP contribution in [0, 0.1) is 0 Å². The van der Waals surface area contributed by atoms with Gasteiger partial charge in [0.2, 0.25) is 0 Å². The SMILES string of the molecule is Cn1ncnc1CC(=O)C(N)c1cccs1. The molecule has 0 saturated carbocycles. The van der Waals surface area contributed by atoms with Crippen LogP contribution >= 0.6 is 11.3 Å². The van der Waals surface area contributed by atoms with Crippen molar-refractivity contribution < 1.29 is 4.79 Å². The van der Waals surface area contributed by atoms with Crippen LogP contribution in [0.3, 0.4) is 0 Å². The Labute approximate surface area is 96.9 Å². The Hall–Kier alpha value is -1.53. The molecule has 0 aliphatic rings. The number of ketones is 1. The summed E-state index contributed by atoms with van der Waals surface area (Å²) >= 11 is 1.49. The first-order valence-electron chi connectivity index (χ1n) is 4.83. The molecule has 2 rings (SSSR count). The van der Waals surface area contributed by atoms with Crippen LogP contribution in [-0.2, 0) is 18.3 Å². The summed E-state index contributed by atoms with van der Waals surface area (Å²) in [5, 5.41) is 5.81. The van der Waals surface area contributed by atoms with E-state index >= 15 is 0 Å². The van der Waals surface area contributed by atoms with Crippen molar-refractivity contribution in [3.05, 3.63) is 34.5 Å². The summed E-state index contributed by atoms with van der Waals surface area (Å²) in [5.74, 6) is 0.593. The van der Waals surface area contributed by atoms with Crippen molar-refractivity contribution in [2.24, 2.45) is 12.8 Å². The van der Waals surface area contributed by atoms with Gasteiger partial charge in [-0.05, 0) is 11.4 Å². The highest BCUT2D eigenvalue weighted by molar-refractivity contribution is 7.10. The fraction of sp³-hybridized carbons (Fsp3) is 0.300. The van der Waals surface area contributed by atoms with Crippen LogP contribution in [-0.4, -0.2) is 20.5 Å². The topological polar surface area (TPSA) is 73.8 Å². The van der Waals surface area contributed by atoms with Crippen molar-refractivity contribution in [1.29, 1.82) is 0 Å². The minimum Gasteiger partial charge on any atom is -0.317 e. The van der Waals surface area contributed by atoms with Gasteiger partial charge in [0.1, 0.15) is 12.2 Å². The van der Waals surface area contributed by atoms with E-state index in [0.717, 1.165) is 4.88 Å². The quantitative estimate of drug-likeness (QED) is 0.847. The van der Waals surface area contributed by atoms with Crippen molar-refractivity contribution in [3.8, 4) is 0 Å². The van der Waals surface area contributed by atoms with E-state index in [1.54, 1.807) is 11.7 Å². The van der Waals surface area contributed by atoms with E-state index in [4.69, 9.17) is 5.73 Å². The maximum absolute atomic E-state index is 11.9. The van der Waals surface area contributed by atoms with E-state index in [2.05, 4.69) is 10.1 Å². The number of hydrogen-bond donors (Lipinski definition) is 1. The molecule has 0 radical (unpaired) electrons. The van der Waals surface area contributed by atoms with E-state index in [1.165, 1.54) is 17.7 Å². The van der Waals surface area contributed by atoms with E-state index < -0.39 is 6.04 Å². The summed E-state index contributed by atoms with van der Waals surface area (Å²) in [6.07, 6.45) is 1.65. The Bertz CT molecular complexity index is 477. The molecule has 0 aliphatic carbocycles. The highest BCUT2D eigenvalue weighted by atomic mass is 32.1. The number of nitrogens with two attached hydrogens (primary N) is 1. The number of rotatable bonds is 4. The monoisotopic (exact) mass is 236 g/mol. The maximum Gasteiger partial charge on any atom is 0.162 e. The highest BCUT2D eigenvalue weighted by Gasteiger charge is 2.18. The van der Waals surface area contributed by atoms with Gasteiger partial charge in [0, 0.05) is 11.9 Å². The van der Waals surface area contributed by atoms with Crippen molar-refractivity contribution in [3.63, 3.8) is 0 Å². The largest absolute Gasteiger partial charge is 0.317 e. The van der Waals surface area contributed by atoms with E-state index in [1.807, 2.05) is 17.5 Å². The molecular weight excluding hydrogens is 224 g/mol. The van der Waals surface area contributed by atoms with Crippen molar-refractivity contribution in [2.75, 3.05) is 0 Å². The van der Waals surface area contributed by atoms with Crippen LogP contribution in [0.2, 0.25) is 0 Å². The zero-order chi connectivity index (χ0) is 11.5. The molecule has 84 valence electrons. The van der Waals surface area contributed by atoms with Crippen LogP contribution in [0.5, 0.6) is 0 Å². The number of aryl methyl sites for hydroxylation is 1. The maximum atomic E-state index is 11.9. The van der Waals surface area contributed by atoms with Gasteiger partial charge in [0.05, 0.1) is 12.5 Å². The van der Waals surface area contributed by atoms with E-state index in [0.29, 0.717) is 5.82 Å². The molecular formula is C10H12N4OS. The van der Waals surface area contributed by atoms with Crippen LogP contribution in [0.25, 0.3) is 0 Å². The van der Waals surface area contributed by atoms with Gasteiger partial charge < -0.3 is 5.73 Å². The lowest BCUT2D eigenvalue weighted by molar-refractivity contribution is -0.119. The van der Waals surface area contributed by atoms with Gasteiger partial charge in [-0.3, -0.25) is 9.48 Å². The lowest BCUT2D eigenvalue weighted by Gasteiger charge is -2.07. The Kier molecular flexibility index (Phi) is 3.12. The molecule has 2 aromatic heterocycles. The second kappa shape index (κ2) is 4.54. The Balaban J connectivity index is 2.07. The van der Waals surface area contributed by atoms with Gasteiger partial charge in [-0.15, -0.1) is 11.3 Å². The summed E-state index contributed by atoms with van der Waals surface area (Å²) < 4.78 is 1.58. The molecule has 6 heteroatoms. The van der Waals surface area contributed by atoms with Gasteiger partial charge in [-0.2, -0.15) is 5.10 Å². The summed E-state index contributed by atoms with van der Waals surface area (Å²) in [7, 11) is 1.76. The van der Waals surface area contributed by atoms with Gasteiger partial charge >= 0.3 is 0 Å². The average Bonchev–Trinajstić information content (AvgIpc) is 2.89. The third kappa shape index (κ3) is 2.17. The van der Waals surface area contributed by atoms with E-state index in [-0.39, 0.29) is 12.2 Å². The van der Waals surface area contributed by atoms with Gasteiger partial charge in [-0.25, -0.2) is 4.98 Å². The lowest BCUT2D eigenvalue weighted by atomic mass is 10.1. The first kappa shape index (κ1) is 11.0. The van der Waals surface area contributed by atoms with E-state index in [9.17, 15) is 4.79 Å². The molecule has 0 fully saturated rings. The van der Waals surface area contributed by atoms with Crippen molar-refractivity contribution in [1.82, 2.24) is 14.8 Å². The molecule has 16 heavy (non-hydrogen) atoms. The molecule has 0 amide bonds. The fourth-order valence-electron chi connectivity index (χ4n) is 1.37. The Morgan fingerprint density at radius 1 is 1.69 bits per heavy atom. The predicted octanol–water partition coefficient (Wildman–Crippen LogP) is 0.688. The number of thiophene rings is 1. The van der Waals surface area contributed by atoms with Crippen LogP contribution in [0.4, 0.5) is 0 Å². The molecule has 1 atom stereocenters. The smallest absolute Gasteiger partial charge is 0.162 e. The first-order chi connectivity index (χ1) is 7.68. The third-order valence-corrected chi connectivity index (χ3v) is 3.29. The molecule has 0 spiro atoms. The fourth-order valence-corrected chi connectivity index (χ4v) is 2.12. The van der Waals surface area contributed by atoms with Gasteiger partial charge in [-0.1, -0.05) is 6.07 Å². The summed E-state index contributed by atoms with van der Waals surface area (Å²) in [4.78, 5) is 16.7. The molecule has 2 aromatic rings. The molecule has 1 unspecified atom stereocenters. The summed E-state index contributed by atoms with van der Waals surface area (Å²) in [5.41, 5.74) is 5.85. The Morgan fingerprint density at radius 2 is 2.50 bits per heavy atom. The van der Waals surface area contributed by atoms with Crippen molar-refractivity contribution in [2.45, 2.75) is 12.5 Å². The third-order valence-electron chi connectivity index (χ3n) is 2.33. The zero-order valence-electron chi connectivity index (χ0n) is 8.83. The number of hydrogen-bond acceptors (Lipinski definition) is 5. The molecule has 2 N–H and O–H groups in total. The molecule has 0 aliphatic heterocycles. The number of Topliss-reactive ketones (excluding diaryl/α,β-unsaturated/α-hetero) is 1. The number of nitrogens with zero attached hydrogens (tertiary/aromatic N) is 3. The van der Waals surface area contributed by atoms with Crippen LogP contribution in [0.1, 0.15) is 16.7 Å². The number of carbonyl (C=O) groups is 1.